The van der Waals surface area contributed by atoms with Gasteiger partial charge in [0, 0.05) is 0 Å². The van der Waals surface area contributed by atoms with Crippen molar-refractivity contribution >= 4 is 17.7 Å². The Morgan fingerprint density at radius 1 is 1.00 bits per heavy atom. The first-order chi connectivity index (χ1) is 9.63. The molecule has 0 aromatic rings. The smallest absolute Gasteiger partial charge is 0.240 e. The van der Waals surface area contributed by atoms with Crippen molar-refractivity contribution in [3.8, 4) is 0 Å². The molecule has 0 saturated carbocycles. The fourth-order valence-corrected chi connectivity index (χ4v) is 1.88. The summed E-state index contributed by atoms with van der Waals surface area (Å²) in [6, 6.07) is -1.36. The summed E-state index contributed by atoms with van der Waals surface area (Å²) in [5, 5.41) is 4.97. The van der Waals surface area contributed by atoms with Crippen LogP contribution >= 0.6 is 0 Å². The fourth-order valence-electron chi connectivity index (χ4n) is 1.88. The van der Waals surface area contributed by atoms with E-state index in [1.54, 1.807) is 0 Å². The molecule has 7 heteroatoms. The molecule has 0 aromatic carbocycles. The average molecular weight is 300 g/mol. The molecule has 0 spiro atoms. The summed E-state index contributed by atoms with van der Waals surface area (Å²) < 4.78 is 0. The van der Waals surface area contributed by atoms with Crippen molar-refractivity contribution < 1.29 is 14.4 Å². The van der Waals surface area contributed by atoms with Gasteiger partial charge in [-0.05, 0) is 24.7 Å². The van der Waals surface area contributed by atoms with E-state index in [9.17, 15) is 14.4 Å². The van der Waals surface area contributed by atoms with Crippen LogP contribution in [0.3, 0.4) is 0 Å². The molecule has 0 heterocycles. The Bertz CT molecular complexity index is 369. The molecule has 2 atom stereocenters. The molecule has 0 rings (SSSR count). The van der Waals surface area contributed by atoms with Gasteiger partial charge in [0.2, 0.25) is 17.7 Å². The van der Waals surface area contributed by atoms with Crippen LogP contribution in [-0.4, -0.2) is 36.3 Å². The monoisotopic (exact) mass is 300 g/mol. The molecule has 21 heavy (non-hydrogen) atoms. The lowest BCUT2D eigenvalue weighted by Crippen LogP contribution is -2.50. The van der Waals surface area contributed by atoms with Crippen molar-refractivity contribution in [2.24, 2.45) is 23.3 Å². The highest BCUT2D eigenvalue weighted by Crippen LogP contribution is 2.04. The van der Waals surface area contributed by atoms with Gasteiger partial charge in [-0.25, -0.2) is 0 Å². The van der Waals surface area contributed by atoms with Gasteiger partial charge < -0.3 is 22.1 Å². The lowest BCUT2D eigenvalue weighted by atomic mass is 10.0. The second-order valence-corrected chi connectivity index (χ2v) is 6.11. The molecule has 0 aliphatic rings. The highest BCUT2D eigenvalue weighted by molar-refractivity contribution is 5.90. The molecular weight excluding hydrogens is 272 g/mol. The number of carbonyl (C=O) groups is 3. The van der Waals surface area contributed by atoms with Gasteiger partial charge in [-0.1, -0.05) is 27.7 Å². The minimum Gasteiger partial charge on any atom is -0.368 e. The van der Waals surface area contributed by atoms with Crippen LogP contribution in [0.15, 0.2) is 0 Å². The quantitative estimate of drug-likeness (QED) is 0.457. The third-order valence-electron chi connectivity index (χ3n) is 2.87. The number of nitrogens with two attached hydrogens (primary N) is 2. The predicted molar refractivity (Wildman–Crippen MR) is 81.0 cm³/mol. The van der Waals surface area contributed by atoms with E-state index < -0.39 is 23.9 Å². The lowest BCUT2D eigenvalue weighted by Gasteiger charge is -2.18. The highest BCUT2D eigenvalue weighted by Gasteiger charge is 2.20. The van der Waals surface area contributed by atoms with Crippen LogP contribution in [0.25, 0.3) is 0 Å². The van der Waals surface area contributed by atoms with Gasteiger partial charge >= 0.3 is 0 Å². The van der Waals surface area contributed by atoms with Crippen LogP contribution in [-0.2, 0) is 14.4 Å². The molecule has 0 fully saturated rings. The van der Waals surface area contributed by atoms with Crippen LogP contribution in [0.1, 0.15) is 40.5 Å². The zero-order chi connectivity index (χ0) is 16.6. The SMILES string of the molecule is CC(C)CC(N)C(=O)NCC(=O)NC(CC(C)C)C(N)=O. The molecule has 3 amide bonds. The third-order valence-corrected chi connectivity index (χ3v) is 2.87. The maximum absolute atomic E-state index is 11.7. The summed E-state index contributed by atoms with van der Waals surface area (Å²) in [5.41, 5.74) is 10.9. The second-order valence-electron chi connectivity index (χ2n) is 6.11. The maximum atomic E-state index is 11.7. The Balaban J connectivity index is 4.24. The van der Waals surface area contributed by atoms with Crippen LogP contribution in [0.2, 0.25) is 0 Å². The van der Waals surface area contributed by atoms with Crippen molar-refractivity contribution in [2.75, 3.05) is 6.54 Å². The maximum Gasteiger partial charge on any atom is 0.240 e. The third kappa shape index (κ3) is 9.01. The van der Waals surface area contributed by atoms with Gasteiger partial charge in [-0.3, -0.25) is 14.4 Å². The molecule has 2 unspecified atom stereocenters. The van der Waals surface area contributed by atoms with Crippen LogP contribution in [0.5, 0.6) is 0 Å². The molecule has 6 N–H and O–H groups in total. The van der Waals surface area contributed by atoms with Crippen molar-refractivity contribution in [3.05, 3.63) is 0 Å². The number of amides is 3. The van der Waals surface area contributed by atoms with Gasteiger partial charge in [0.25, 0.3) is 0 Å². The fraction of sp³-hybridized carbons (Fsp3) is 0.786. The predicted octanol–water partition coefficient (Wildman–Crippen LogP) is -0.508. The number of carbonyl (C=O) groups excluding carboxylic acids is 3. The summed E-state index contributed by atoms with van der Waals surface area (Å²) in [4.78, 5) is 34.6. The second kappa shape index (κ2) is 9.33. The number of nitrogens with one attached hydrogen (secondary N) is 2. The van der Waals surface area contributed by atoms with E-state index in [4.69, 9.17) is 11.5 Å². The average Bonchev–Trinajstić information content (AvgIpc) is 2.33. The van der Waals surface area contributed by atoms with E-state index in [0.717, 1.165) is 0 Å². The van der Waals surface area contributed by atoms with E-state index >= 15 is 0 Å². The van der Waals surface area contributed by atoms with Gasteiger partial charge in [0.05, 0.1) is 12.6 Å². The zero-order valence-electron chi connectivity index (χ0n) is 13.3. The summed E-state index contributed by atoms with van der Waals surface area (Å²) in [6.07, 6.45) is 1.01. The van der Waals surface area contributed by atoms with Gasteiger partial charge in [-0.15, -0.1) is 0 Å². The Morgan fingerprint density at radius 2 is 1.52 bits per heavy atom. The van der Waals surface area contributed by atoms with Crippen molar-refractivity contribution in [2.45, 2.75) is 52.6 Å². The van der Waals surface area contributed by atoms with E-state index in [1.165, 1.54) is 0 Å². The molecular formula is C14H28N4O3. The van der Waals surface area contributed by atoms with E-state index in [1.807, 2.05) is 27.7 Å². The Hall–Kier alpha value is -1.63. The van der Waals surface area contributed by atoms with E-state index in [2.05, 4.69) is 10.6 Å². The Labute approximate surface area is 126 Å². The Morgan fingerprint density at radius 3 is 1.95 bits per heavy atom. The first kappa shape index (κ1) is 19.4. The number of primary amides is 1. The van der Waals surface area contributed by atoms with Crippen LogP contribution in [0, 0.1) is 11.8 Å². The first-order valence-electron chi connectivity index (χ1n) is 7.25. The lowest BCUT2D eigenvalue weighted by molar-refractivity contribution is -0.129. The molecule has 0 aliphatic heterocycles. The Kier molecular flexibility index (Phi) is 8.61. The zero-order valence-corrected chi connectivity index (χ0v) is 13.3. The standard InChI is InChI=1S/C14H28N4O3/c1-8(2)5-10(15)14(21)17-7-12(19)18-11(13(16)20)6-9(3)4/h8-11H,5-7,15H2,1-4H3,(H2,16,20)(H,17,21)(H,18,19). The molecule has 122 valence electrons. The minimum atomic E-state index is -0.723. The summed E-state index contributed by atoms with van der Waals surface area (Å²) in [6.45, 7) is 7.56. The normalized spacial score (nSPS) is 13.9. The van der Waals surface area contributed by atoms with Crippen molar-refractivity contribution in [1.29, 1.82) is 0 Å². The highest BCUT2D eigenvalue weighted by atomic mass is 16.2. The topological polar surface area (TPSA) is 127 Å². The molecule has 0 aliphatic carbocycles. The molecule has 7 nitrogen and oxygen atoms in total. The minimum absolute atomic E-state index is 0.216. The van der Waals surface area contributed by atoms with Crippen molar-refractivity contribution in [3.63, 3.8) is 0 Å². The van der Waals surface area contributed by atoms with Crippen LogP contribution in [0.4, 0.5) is 0 Å². The van der Waals surface area contributed by atoms with Crippen molar-refractivity contribution in [1.82, 2.24) is 10.6 Å². The van der Waals surface area contributed by atoms with Gasteiger partial charge in [0.1, 0.15) is 6.04 Å². The molecule has 0 aromatic heterocycles. The summed E-state index contributed by atoms with van der Waals surface area (Å²) >= 11 is 0. The van der Waals surface area contributed by atoms with Gasteiger partial charge in [-0.2, -0.15) is 0 Å². The van der Waals surface area contributed by atoms with Crippen LogP contribution < -0.4 is 22.1 Å². The first-order valence-corrected chi connectivity index (χ1v) is 7.25. The van der Waals surface area contributed by atoms with Gasteiger partial charge in [0.15, 0.2) is 0 Å². The summed E-state index contributed by atoms with van der Waals surface area (Å²) in [7, 11) is 0. The number of rotatable bonds is 9. The number of hydrogen-bond acceptors (Lipinski definition) is 4. The summed E-state index contributed by atoms with van der Waals surface area (Å²) in [5.74, 6) is -0.899. The molecule has 0 saturated heterocycles. The van der Waals surface area contributed by atoms with E-state index in [0.29, 0.717) is 18.8 Å². The molecule has 0 bridgehead atoms. The molecule has 0 radical (unpaired) electrons. The largest absolute Gasteiger partial charge is 0.368 e. The number of hydrogen-bond donors (Lipinski definition) is 4. The van der Waals surface area contributed by atoms with E-state index in [-0.39, 0.29) is 18.4 Å².